The van der Waals surface area contributed by atoms with Crippen molar-refractivity contribution in [3.8, 4) is 5.75 Å². The van der Waals surface area contributed by atoms with E-state index in [4.69, 9.17) is 9.47 Å². The number of hydrogen-bond donors (Lipinski definition) is 2. The topological polar surface area (TPSA) is 50.7 Å². The molecule has 20 heavy (non-hydrogen) atoms. The molecule has 0 aliphatic rings. The highest BCUT2D eigenvalue weighted by atomic mass is 16.5. The average Bonchev–Trinajstić information content (AvgIpc) is 2.45. The largest absolute Gasteiger partial charge is 0.494 e. The standard InChI is InChI=1S/C16H27NO3/c1-13(2)17-15(12-18)9-11-20-16-6-4-14(5-7-16)8-10-19-3/h4-7,13,15,17-18H,8-12H2,1-3H3. The van der Waals surface area contributed by atoms with Gasteiger partial charge in [-0.3, -0.25) is 0 Å². The number of hydrogen-bond acceptors (Lipinski definition) is 4. The van der Waals surface area contributed by atoms with Gasteiger partial charge in [-0.25, -0.2) is 0 Å². The lowest BCUT2D eigenvalue weighted by Crippen LogP contribution is -2.38. The summed E-state index contributed by atoms with van der Waals surface area (Å²) in [5.74, 6) is 0.868. The lowest BCUT2D eigenvalue weighted by molar-refractivity contribution is 0.201. The van der Waals surface area contributed by atoms with Crippen LogP contribution in [0.1, 0.15) is 25.8 Å². The van der Waals surface area contributed by atoms with E-state index in [-0.39, 0.29) is 12.6 Å². The first-order valence-corrected chi connectivity index (χ1v) is 7.23. The van der Waals surface area contributed by atoms with Gasteiger partial charge in [0, 0.05) is 19.2 Å². The van der Waals surface area contributed by atoms with Crippen molar-refractivity contribution in [3.63, 3.8) is 0 Å². The van der Waals surface area contributed by atoms with E-state index in [0.29, 0.717) is 12.6 Å². The minimum atomic E-state index is 0.0935. The van der Waals surface area contributed by atoms with Crippen molar-refractivity contribution < 1.29 is 14.6 Å². The first-order chi connectivity index (χ1) is 9.65. The fourth-order valence-electron chi connectivity index (χ4n) is 1.99. The molecule has 4 nitrogen and oxygen atoms in total. The van der Waals surface area contributed by atoms with Crippen LogP contribution in [0.2, 0.25) is 0 Å². The Bertz CT molecular complexity index is 351. The Balaban J connectivity index is 2.30. The molecule has 0 bridgehead atoms. The average molecular weight is 281 g/mol. The van der Waals surface area contributed by atoms with Crippen LogP contribution in [0, 0.1) is 0 Å². The molecule has 1 unspecified atom stereocenters. The van der Waals surface area contributed by atoms with E-state index in [1.807, 2.05) is 12.1 Å². The number of nitrogens with one attached hydrogen (secondary N) is 1. The van der Waals surface area contributed by atoms with Gasteiger partial charge < -0.3 is 19.9 Å². The Morgan fingerprint density at radius 2 is 1.85 bits per heavy atom. The summed E-state index contributed by atoms with van der Waals surface area (Å²) in [6.07, 6.45) is 1.71. The quantitative estimate of drug-likeness (QED) is 0.689. The van der Waals surface area contributed by atoms with E-state index in [1.165, 1.54) is 5.56 Å². The van der Waals surface area contributed by atoms with Crippen LogP contribution in [0.4, 0.5) is 0 Å². The van der Waals surface area contributed by atoms with Crippen molar-refractivity contribution in [2.45, 2.75) is 38.8 Å². The molecule has 1 atom stereocenters. The first-order valence-electron chi connectivity index (χ1n) is 7.23. The third kappa shape index (κ3) is 6.89. The number of methoxy groups -OCH3 is 1. The molecule has 0 saturated carbocycles. The molecule has 0 spiro atoms. The van der Waals surface area contributed by atoms with Crippen LogP contribution in [0.25, 0.3) is 0 Å². The molecule has 0 fully saturated rings. The van der Waals surface area contributed by atoms with Crippen molar-refractivity contribution in [1.82, 2.24) is 5.32 Å². The Labute approximate surface area is 122 Å². The van der Waals surface area contributed by atoms with E-state index in [0.717, 1.165) is 25.2 Å². The van der Waals surface area contributed by atoms with Gasteiger partial charge in [0.05, 0.1) is 19.8 Å². The molecule has 1 aromatic carbocycles. The van der Waals surface area contributed by atoms with Crippen LogP contribution in [-0.2, 0) is 11.2 Å². The van der Waals surface area contributed by atoms with Crippen LogP contribution < -0.4 is 10.1 Å². The minimum absolute atomic E-state index is 0.0935. The van der Waals surface area contributed by atoms with E-state index in [2.05, 4.69) is 31.3 Å². The highest BCUT2D eigenvalue weighted by Gasteiger charge is 2.08. The monoisotopic (exact) mass is 281 g/mol. The van der Waals surface area contributed by atoms with Gasteiger partial charge in [0.25, 0.3) is 0 Å². The predicted molar refractivity (Wildman–Crippen MR) is 81.3 cm³/mol. The summed E-state index contributed by atoms with van der Waals surface area (Å²) in [5, 5.41) is 12.6. The van der Waals surface area contributed by atoms with Gasteiger partial charge >= 0.3 is 0 Å². The normalized spacial score (nSPS) is 12.7. The fraction of sp³-hybridized carbons (Fsp3) is 0.625. The van der Waals surface area contributed by atoms with Gasteiger partial charge in [-0.2, -0.15) is 0 Å². The molecular weight excluding hydrogens is 254 g/mol. The number of aliphatic hydroxyl groups excluding tert-OH is 1. The predicted octanol–water partition coefficient (Wildman–Crippen LogP) is 2.00. The Kier molecular flexibility index (Phi) is 8.26. The van der Waals surface area contributed by atoms with Crippen LogP contribution >= 0.6 is 0 Å². The summed E-state index contributed by atoms with van der Waals surface area (Å²) in [5.41, 5.74) is 1.24. The zero-order valence-electron chi connectivity index (χ0n) is 12.8. The van der Waals surface area contributed by atoms with Crippen molar-refractivity contribution in [1.29, 1.82) is 0 Å². The molecule has 114 valence electrons. The molecule has 2 N–H and O–H groups in total. The van der Waals surface area contributed by atoms with Gasteiger partial charge in [-0.05, 0) is 30.5 Å². The zero-order chi connectivity index (χ0) is 14.8. The fourth-order valence-corrected chi connectivity index (χ4v) is 1.99. The van der Waals surface area contributed by atoms with E-state index < -0.39 is 0 Å². The first kappa shape index (κ1) is 17.0. The summed E-state index contributed by atoms with van der Waals surface area (Å²) in [6.45, 7) is 5.61. The van der Waals surface area contributed by atoms with E-state index in [9.17, 15) is 5.11 Å². The molecule has 0 amide bonds. The lowest BCUT2D eigenvalue weighted by Gasteiger charge is -2.19. The summed E-state index contributed by atoms with van der Waals surface area (Å²) < 4.78 is 10.7. The second kappa shape index (κ2) is 9.75. The maximum atomic E-state index is 9.26. The van der Waals surface area contributed by atoms with Gasteiger partial charge in [0.15, 0.2) is 0 Å². The van der Waals surface area contributed by atoms with E-state index in [1.54, 1.807) is 7.11 Å². The molecule has 0 saturated heterocycles. The zero-order valence-corrected chi connectivity index (χ0v) is 12.8. The molecule has 0 aliphatic carbocycles. The second-order valence-corrected chi connectivity index (χ2v) is 5.22. The lowest BCUT2D eigenvalue weighted by atomic mass is 10.1. The number of benzene rings is 1. The summed E-state index contributed by atoms with van der Waals surface area (Å²) in [4.78, 5) is 0. The number of ether oxygens (including phenoxy) is 2. The molecule has 0 aromatic heterocycles. The van der Waals surface area contributed by atoms with Crippen LogP contribution in [-0.4, -0.2) is 44.1 Å². The SMILES string of the molecule is COCCc1ccc(OCCC(CO)NC(C)C)cc1. The Hall–Kier alpha value is -1.10. The maximum Gasteiger partial charge on any atom is 0.119 e. The highest BCUT2D eigenvalue weighted by Crippen LogP contribution is 2.13. The van der Waals surface area contributed by atoms with Gasteiger partial charge in [0.2, 0.25) is 0 Å². The summed E-state index contributed by atoms with van der Waals surface area (Å²) in [6, 6.07) is 8.54. The van der Waals surface area contributed by atoms with Crippen molar-refractivity contribution in [3.05, 3.63) is 29.8 Å². The van der Waals surface area contributed by atoms with Gasteiger partial charge in [-0.15, -0.1) is 0 Å². The second-order valence-electron chi connectivity index (χ2n) is 5.22. The van der Waals surface area contributed by atoms with Gasteiger partial charge in [-0.1, -0.05) is 26.0 Å². The molecule has 1 aromatic rings. The van der Waals surface area contributed by atoms with Crippen molar-refractivity contribution in [2.24, 2.45) is 0 Å². The molecule has 0 radical (unpaired) electrons. The molecule has 4 heteroatoms. The molecule has 0 aliphatic heterocycles. The number of rotatable bonds is 10. The third-order valence-corrected chi connectivity index (χ3v) is 3.04. The number of aliphatic hydroxyl groups is 1. The Morgan fingerprint density at radius 3 is 2.40 bits per heavy atom. The molecular formula is C16H27NO3. The summed E-state index contributed by atoms with van der Waals surface area (Å²) >= 11 is 0. The minimum Gasteiger partial charge on any atom is -0.494 e. The Morgan fingerprint density at radius 1 is 1.15 bits per heavy atom. The third-order valence-electron chi connectivity index (χ3n) is 3.04. The maximum absolute atomic E-state index is 9.26. The summed E-state index contributed by atoms with van der Waals surface area (Å²) in [7, 11) is 1.71. The van der Waals surface area contributed by atoms with Crippen LogP contribution in [0.3, 0.4) is 0 Å². The molecule has 1 rings (SSSR count). The van der Waals surface area contributed by atoms with Crippen LogP contribution in [0.15, 0.2) is 24.3 Å². The smallest absolute Gasteiger partial charge is 0.119 e. The molecule has 0 heterocycles. The van der Waals surface area contributed by atoms with E-state index >= 15 is 0 Å². The van der Waals surface area contributed by atoms with Crippen LogP contribution in [0.5, 0.6) is 5.75 Å². The van der Waals surface area contributed by atoms with Gasteiger partial charge in [0.1, 0.15) is 5.75 Å². The van der Waals surface area contributed by atoms with Crippen molar-refractivity contribution >= 4 is 0 Å². The van der Waals surface area contributed by atoms with Crippen molar-refractivity contribution in [2.75, 3.05) is 26.9 Å². The highest BCUT2D eigenvalue weighted by molar-refractivity contribution is 5.27.